The van der Waals surface area contributed by atoms with E-state index in [0.717, 1.165) is 22.6 Å². The molecule has 2 rings (SSSR count). The Hall–Kier alpha value is -2.20. The van der Waals surface area contributed by atoms with E-state index in [4.69, 9.17) is 21.1 Å². The number of methoxy groups -OCH3 is 2. The molecule has 0 aromatic heterocycles. The molecule has 0 saturated heterocycles. The highest BCUT2D eigenvalue weighted by molar-refractivity contribution is 6.30. The van der Waals surface area contributed by atoms with Gasteiger partial charge < -0.3 is 14.8 Å². The van der Waals surface area contributed by atoms with Gasteiger partial charge in [-0.25, -0.2) is 0 Å². The van der Waals surface area contributed by atoms with Gasteiger partial charge in [0, 0.05) is 17.0 Å². The van der Waals surface area contributed by atoms with Gasteiger partial charge in [-0.05, 0) is 43.2 Å². The fraction of sp³-hybridized carbons (Fsp3) is 0.316. The normalized spacial score (nSPS) is 11.7. The van der Waals surface area contributed by atoms with Gasteiger partial charge in [0.1, 0.15) is 11.5 Å². The molecule has 1 atom stereocenters. The highest BCUT2D eigenvalue weighted by atomic mass is 35.5. The summed E-state index contributed by atoms with van der Waals surface area (Å²) in [5.74, 6) is 1.44. The highest BCUT2D eigenvalue weighted by Crippen LogP contribution is 2.29. The minimum atomic E-state index is -0.0747. The first-order chi connectivity index (χ1) is 11.5. The smallest absolute Gasteiger partial charge is 0.220 e. The summed E-state index contributed by atoms with van der Waals surface area (Å²) in [6.07, 6.45) is 0.904. The lowest BCUT2D eigenvalue weighted by Crippen LogP contribution is -2.26. The summed E-state index contributed by atoms with van der Waals surface area (Å²) in [7, 11) is 3.22. The minimum absolute atomic E-state index is 0.0228. The van der Waals surface area contributed by atoms with Crippen molar-refractivity contribution >= 4 is 17.5 Å². The van der Waals surface area contributed by atoms with Crippen molar-refractivity contribution < 1.29 is 14.3 Å². The second-order valence-corrected chi connectivity index (χ2v) is 5.92. The van der Waals surface area contributed by atoms with Crippen molar-refractivity contribution in [3.05, 3.63) is 58.6 Å². The summed E-state index contributed by atoms with van der Waals surface area (Å²) < 4.78 is 10.7. The third kappa shape index (κ3) is 4.65. The second-order valence-electron chi connectivity index (χ2n) is 5.48. The van der Waals surface area contributed by atoms with Crippen molar-refractivity contribution in [3.8, 4) is 11.5 Å². The summed E-state index contributed by atoms with van der Waals surface area (Å²) in [6, 6.07) is 13.0. The van der Waals surface area contributed by atoms with Crippen LogP contribution in [0.25, 0.3) is 0 Å². The van der Waals surface area contributed by atoms with Gasteiger partial charge in [0.05, 0.1) is 20.3 Å². The van der Waals surface area contributed by atoms with Crippen LogP contribution in [0.5, 0.6) is 11.5 Å². The highest BCUT2D eigenvalue weighted by Gasteiger charge is 2.14. The molecule has 24 heavy (non-hydrogen) atoms. The second kappa shape index (κ2) is 8.60. The Morgan fingerprint density at radius 2 is 1.67 bits per heavy atom. The number of nitrogens with one attached hydrogen (secondary N) is 1. The Morgan fingerprint density at radius 1 is 1.08 bits per heavy atom. The Bertz CT molecular complexity index is 663. The Balaban J connectivity index is 1.97. The number of rotatable bonds is 7. The number of hydrogen-bond donors (Lipinski definition) is 1. The minimum Gasteiger partial charge on any atom is -0.496 e. The largest absolute Gasteiger partial charge is 0.496 e. The third-order valence-electron chi connectivity index (χ3n) is 3.88. The molecule has 1 amide bonds. The van der Waals surface area contributed by atoms with Crippen molar-refractivity contribution in [2.45, 2.75) is 25.8 Å². The fourth-order valence-corrected chi connectivity index (χ4v) is 2.69. The first kappa shape index (κ1) is 18.1. The van der Waals surface area contributed by atoms with E-state index in [1.807, 2.05) is 49.4 Å². The van der Waals surface area contributed by atoms with Crippen LogP contribution in [0.1, 0.15) is 30.5 Å². The predicted octanol–water partition coefficient (Wildman–Crippen LogP) is 4.17. The van der Waals surface area contributed by atoms with Crippen LogP contribution < -0.4 is 14.8 Å². The molecule has 4 nitrogen and oxygen atoms in total. The Kier molecular flexibility index (Phi) is 6.50. The zero-order valence-electron chi connectivity index (χ0n) is 14.1. The van der Waals surface area contributed by atoms with Crippen LogP contribution in [0, 0.1) is 0 Å². The summed E-state index contributed by atoms with van der Waals surface area (Å²) in [5, 5.41) is 3.68. The van der Waals surface area contributed by atoms with Crippen molar-refractivity contribution in [2.24, 2.45) is 0 Å². The molecule has 0 spiro atoms. The lowest BCUT2D eigenvalue weighted by molar-refractivity contribution is -0.121. The third-order valence-corrected chi connectivity index (χ3v) is 4.13. The molecule has 0 radical (unpaired) electrons. The average molecular weight is 348 g/mol. The number of carbonyl (C=O) groups excluding carboxylic acids is 1. The van der Waals surface area contributed by atoms with Crippen LogP contribution in [-0.4, -0.2) is 20.1 Å². The predicted molar refractivity (Wildman–Crippen MR) is 95.9 cm³/mol. The van der Waals surface area contributed by atoms with Crippen LogP contribution in [0.3, 0.4) is 0 Å². The molecule has 0 fully saturated rings. The number of benzene rings is 2. The quantitative estimate of drug-likeness (QED) is 0.817. The number of ether oxygens (including phenoxy) is 2. The molecule has 128 valence electrons. The van der Waals surface area contributed by atoms with Gasteiger partial charge in [0.2, 0.25) is 5.91 Å². The Morgan fingerprint density at radius 3 is 2.21 bits per heavy atom. The first-order valence-electron chi connectivity index (χ1n) is 7.80. The molecule has 0 unspecified atom stereocenters. The van der Waals surface area contributed by atoms with E-state index in [0.29, 0.717) is 17.9 Å². The maximum Gasteiger partial charge on any atom is 0.220 e. The van der Waals surface area contributed by atoms with Crippen LogP contribution in [0.15, 0.2) is 42.5 Å². The summed E-state index contributed by atoms with van der Waals surface area (Å²) in [6.45, 7) is 1.95. The first-order valence-corrected chi connectivity index (χ1v) is 8.17. The van der Waals surface area contributed by atoms with Crippen molar-refractivity contribution in [3.63, 3.8) is 0 Å². The molecule has 0 aliphatic heterocycles. The number of hydrogen-bond acceptors (Lipinski definition) is 3. The summed E-state index contributed by atoms with van der Waals surface area (Å²) in [4.78, 5) is 12.2. The topological polar surface area (TPSA) is 47.6 Å². The molecule has 0 bridgehead atoms. The molecule has 0 aliphatic carbocycles. The van der Waals surface area contributed by atoms with Crippen molar-refractivity contribution in [1.82, 2.24) is 5.32 Å². The molecule has 0 saturated carbocycles. The van der Waals surface area contributed by atoms with E-state index >= 15 is 0 Å². The molecular formula is C19H22ClNO3. The van der Waals surface area contributed by atoms with Gasteiger partial charge in [0.15, 0.2) is 0 Å². The SMILES string of the molecule is COc1cccc(OC)c1CCC(=O)N[C@H](C)c1ccc(Cl)cc1. The number of carbonyl (C=O) groups is 1. The van der Waals surface area contributed by atoms with Crippen molar-refractivity contribution in [1.29, 1.82) is 0 Å². The van der Waals surface area contributed by atoms with Gasteiger partial charge in [0.25, 0.3) is 0 Å². The molecular weight excluding hydrogens is 326 g/mol. The van der Waals surface area contributed by atoms with Crippen LogP contribution in [0.4, 0.5) is 0 Å². The number of amides is 1. The van der Waals surface area contributed by atoms with Gasteiger partial charge >= 0.3 is 0 Å². The summed E-state index contributed by atoms with van der Waals surface area (Å²) in [5.41, 5.74) is 1.92. The summed E-state index contributed by atoms with van der Waals surface area (Å²) >= 11 is 5.89. The Labute approximate surface area is 147 Å². The van der Waals surface area contributed by atoms with Gasteiger partial charge in [-0.1, -0.05) is 29.8 Å². The zero-order chi connectivity index (χ0) is 17.5. The van der Waals surface area contributed by atoms with E-state index in [1.54, 1.807) is 14.2 Å². The van der Waals surface area contributed by atoms with Gasteiger partial charge in [-0.3, -0.25) is 4.79 Å². The van der Waals surface area contributed by atoms with Crippen LogP contribution in [-0.2, 0) is 11.2 Å². The van der Waals surface area contributed by atoms with E-state index < -0.39 is 0 Å². The fourth-order valence-electron chi connectivity index (χ4n) is 2.56. The maximum atomic E-state index is 12.2. The standard InChI is InChI=1S/C19H22ClNO3/c1-13(14-7-9-15(20)10-8-14)21-19(22)12-11-16-17(23-2)5-4-6-18(16)24-3/h4-10,13H,11-12H2,1-3H3,(H,21,22)/t13-/m1/s1. The zero-order valence-corrected chi connectivity index (χ0v) is 14.9. The lowest BCUT2D eigenvalue weighted by atomic mass is 10.1. The van der Waals surface area contributed by atoms with E-state index in [9.17, 15) is 4.79 Å². The number of halogens is 1. The van der Waals surface area contributed by atoms with E-state index in [1.165, 1.54) is 0 Å². The molecule has 5 heteroatoms. The molecule has 2 aromatic carbocycles. The molecule has 0 heterocycles. The molecule has 2 aromatic rings. The molecule has 1 N–H and O–H groups in total. The monoisotopic (exact) mass is 347 g/mol. The van der Waals surface area contributed by atoms with Crippen LogP contribution in [0.2, 0.25) is 5.02 Å². The van der Waals surface area contributed by atoms with E-state index in [2.05, 4.69) is 5.32 Å². The molecule has 0 aliphatic rings. The van der Waals surface area contributed by atoms with Crippen molar-refractivity contribution in [2.75, 3.05) is 14.2 Å². The van der Waals surface area contributed by atoms with Gasteiger partial charge in [-0.2, -0.15) is 0 Å². The van der Waals surface area contributed by atoms with E-state index in [-0.39, 0.29) is 11.9 Å². The average Bonchev–Trinajstić information content (AvgIpc) is 2.59. The van der Waals surface area contributed by atoms with Crippen LogP contribution >= 0.6 is 11.6 Å². The van der Waals surface area contributed by atoms with Gasteiger partial charge in [-0.15, -0.1) is 0 Å². The lowest BCUT2D eigenvalue weighted by Gasteiger charge is -2.16. The maximum absolute atomic E-state index is 12.2.